The molecule has 1 atom stereocenters. The van der Waals surface area contributed by atoms with Gasteiger partial charge in [-0.15, -0.1) is 0 Å². The predicted octanol–water partition coefficient (Wildman–Crippen LogP) is 1.81. The van der Waals surface area contributed by atoms with Crippen molar-refractivity contribution in [3.63, 3.8) is 0 Å². The lowest BCUT2D eigenvalue weighted by atomic mass is 9.95. The molecule has 1 saturated heterocycles. The van der Waals surface area contributed by atoms with Crippen molar-refractivity contribution in [2.45, 2.75) is 25.7 Å². The van der Waals surface area contributed by atoms with Crippen molar-refractivity contribution in [3.8, 4) is 0 Å². The van der Waals surface area contributed by atoms with Crippen molar-refractivity contribution in [3.05, 3.63) is 30.1 Å². The lowest BCUT2D eigenvalue weighted by Crippen LogP contribution is -2.37. The van der Waals surface area contributed by atoms with Gasteiger partial charge in [-0.25, -0.2) is 0 Å². The quantitative estimate of drug-likeness (QED) is 0.863. The molecular formula is C14H20N2O2. The topological polar surface area (TPSA) is 53.4 Å². The van der Waals surface area contributed by atoms with Gasteiger partial charge < -0.3 is 10.0 Å². The molecule has 0 radical (unpaired) electrons. The zero-order valence-corrected chi connectivity index (χ0v) is 10.6. The van der Waals surface area contributed by atoms with E-state index in [0.29, 0.717) is 12.3 Å². The molecule has 1 N–H and O–H groups in total. The fraction of sp³-hybridized carbons (Fsp3) is 0.571. The van der Waals surface area contributed by atoms with Crippen LogP contribution in [-0.4, -0.2) is 40.6 Å². The van der Waals surface area contributed by atoms with E-state index in [1.165, 1.54) is 0 Å². The Morgan fingerprint density at radius 2 is 2.39 bits per heavy atom. The summed E-state index contributed by atoms with van der Waals surface area (Å²) < 4.78 is 0. The largest absolute Gasteiger partial charge is 0.481 e. The standard InChI is InChI=1S/C14H20N2O2/c17-14(18)10-12-4-3-8-16(11-12)9-6-13-5-1-2-7-15-13/h1-2,5,7,12H,3-4,6,8-11H2,(H,17,18). The molecule has 0 spiro atoms. The molecule has 1 unspecified atom stereocenters. The van der Waals surface area contributed by atoms with Gasteiger partial charge in [-0.3, -0.25) is 9.78 Å². The summed E-state index contributed by atoms with van der Waals surface area (Å²) in [5.74, 6) is -0.355. The van der Waals surface area contributed by atoms with E-state index in [4.69, 9.17) is 5.11 Å². The summed E-state index contributed by atoms with van der Waals surface area (Å²) >= 11 is 0. The molecule has 1 aliphatic rings. The van der Waals surface area contributed by atoms with Gasteiger partial charge in [-0.2, -0.15) is 0 Å². The minimum absolute atomic E-state index is 0.306. The van der Waals surface area contributed by atoms with E-state index < -0.39 is 5.97 Å². The van der Waals surface area contributed by atoms with Crippen LogP contribution in [0.1, 0.15) is 25.0 Å². The molecule has 1 fully saturated rings. The number of rotatable bonds is 5. The van der Waals surface area contributed by atoms with E-state index in [9.17, 15) is 4.79 Å². The molecule has 0 aromatic carbocycles. The summed E-state index contributed by atoms with van der Waals surface area (Å²) in [6.07, 6.45) is 5.23. The summed E-state index contributed by atoms with van der Waals surface area (Å²) in [6, 6.07) is 5.97. The van der Waals surface area contributed by atoms with E-state index >= 15 is 0 Å². The highest BCUT2D eigenvalue weighted by molar-refractivity contribution is 5.67. The molecule has 1 aromatic heterocycles. The molecule has 2 heterocycles. The zero-order valence-electron chi connectivity index (χ0n) is 10.6. The highest BCUT2D eigenvalue weighted by Crippen LogP contribution is 2.19. The fourth-order valence-corrected chi connectivity index (χ4v) is 2.59. The Morgan fingerprint density at radius 1 is 1.50 bits per heavy atom. The molecule has 1 aromatic rings. The summed E-state index contributed by atoms with van der Waals surface area (Å²) in [5, 5.41) is 8.83. The number of aromatic nitrogens is 1. The molecule has 0 aliphatic carbocycles. The number of hydrogen-bond acceptors (Lipinski definition) is 3. The van der Waals surface area contributed by atoms with E-state index in [0.717, 1.165) is 44.6 Å². The van der Waals surface area contributed by atoms with Gasteiger partial charge in [0.25, 0.3) is 0 Å². The van der Waals surface area contributed by atoms with Crippen LogP contribution in [0.25, 0.3) is 0 Å². The number of nitrogens with zero attached hydrogens (tertiary/aromatic N) is 2. The van der Waals surface area contributed by atoms with Crippen LogP contribution in [0.5, 0.6) is 0 Å². The third-order valence-corrected chi connectivity index (χ3v) is 3.48. The Bertz CT molecular complexity index is 381. The van der Waals surface area contributed by atoms with Gasteiger partial charge in [0.1, 0.15) is 0 Å². The molecule has 0 amide bonds. The van der Waals surface area contributed by atoms with Crippen LogP contribution >= 0.6 is 0 Å². The van der Waals surface area contributed by atoms with Crippen molar-refractivity contribution in [2.24, 2.45) is 5.92 Å². The van der Waals surface area contributed by atoms with Crippen LogP contribution in [-0.2, 0) is 11.2 Å². The van der Waals surface area contributed by atoms with E-state index in [2.05, 4.69) is 9.88 Å². The first-order valence-electron chi connectivity index (χ1n) is 6.58. The first kappa shape index (κ1) is 13.0. The van der Waals surface area contributed by atoms with Crippen LogP contribution in [0.4, 0.5) is 0 Å². The second kappa shape index (κ2) is 6.50. The number of pyridine rings is 1. The molecule has 4 heteroatoms. The van der Waals surface area contributed by atoms with Crippen LogP contribution in [0.3, 0.4) is 0 Å². The lowest BCUT2D eigenvalue weighted by Gasteiger charge is -2.31. The average molecular weight is 248 g/mol. The maximum atomic E-state index is 10.7. The van der Waals surface area contributed by atoms with Gasteiger partial charge in [0.2, 0.25) is 0 Å². The maximum Gasteiger partial charge on any atom is 0.303 e. The summed E-state index contributed by atoms with van der Waals surface area (Å²) in [7, 11) is 0. The van der Waals surface area contributed by atoms with Crippen molar-refractivity contribution in [1.82, 2.24) is 9.88 Å². The number of carbonyl (C=O) groups is 1. The summed E-state index contributed by atoms with van der Waals surface area (Å²) in [6.45, 7) is 2.98. The number of carboxylic acid groups (broad SMARTS) is 1. The Hall–Kier alpha value is -1.42. The first-order chi connectivity index (χ1) is 8.74. The number of piperidine rings is 1. The van der Waals surface area contributed by atoms with Crippen LogP contribution in [0.2, 0.25) is 0 Å². The SMILES string of the molecule is O=C(O)CC1CCCN(CCc2ccccn2)C1. The van der Waals surface area contributed by atoms with Crippen molar-refractivity contribution in [2.75, 3.05) is 19.6 Å². The number of carboxylic acids is 1. The average Bonchev–Trinajstić information content (AvgIpc) is 2.37. The minimum Gasteiger partial charge on any atom is -0.481 e. The Kier molecular flexibility index (Phi) is 4.70. The van der Waals surface area contributed by atoms with Gasteiger partial charge in [-0.05, 0) is 37.4 Å². The van der Waals surface area contributed by atoms with Crippen molar-refractivity contribution >= 4 is 5.97 Å². The molecule has 2 rings (SSSR count). The lowest BCUT2D eigenvalue weighted by molar-refractivity contribution is -0.138. The number of hydrogen-bond donors (Lipinski definition) is 1. The molecule has 18 heavy (non-hydrogen) atoms. The second-order valence-corrected chi connectivity index (χ2v) is 4.98. The Morgan fingerprint density at radius 3 is 3.11 bits per heavy atom. The predicted molar refractivity (Wildman–Crippen MR) is 69.4 cm³/mol. The monoisotopic (exact) mass is 248 g/mol. The van der Waals surface area contributed by atoms with Gasteiger partial charge >= 0.3 is 5.97 Å². The molecule has 4 nitrogen and oxygen atoms in total. The smallest absolute Gasteiger partial charge is 0.303 e. The normalized spacial score (nSPS) is 20.8. The minimum atomic E-state index is -0.674. The molecular weight excluding hydrogens is 228 g/mol. The van der Waals surface area contributed by atoms with E-state index in [1.54, 1.807) is 0 Å². The van der Waals surface area contributed by atoms with Gasteiger partial charge in [0, 0.05) is 37.8 Å². The number of aliphatic carboxylic acids is 1. The Labute approximate surface area is 108 Å². The van der Waals surface area contributed by atoms with E-state index in [-0.39, 0.29) is 0 Å². The third-order valence-electron chi connectivity index (χ3n) is 3.48. The molecule has 98 valence electrons. The van der Waals surface area contributed by atoms with Crippen LogP contribution < -0.4 is 0 Å². The second-order valence-electron chi connectivity index (χ2n) is 4.98. The van der Waals surface area contributed by atoms with Gasteiger partial charge in [-0.1, -0.05) is 6.07 Å². The molecule has 0 bridgehead atoms. The van der Waals surface area contributed by atoms with Crippen LogP contribution in [0.15, 0.2) is 24.4 Å². The Balaban J connectivity index is 1.77. The fourth-order valence-electron chi connectivity index (χ4n) is 2.59. The molecule has 0 saturated carbocycles. The van der Waals surface area contributed by atoms with Crippen molar-refractivity contribution < 1.29 is 9.90 Å². The van der Waals surface area contributed by atoms with Crippen molar-refractivity contribution in [1.29, 1.82) is 0 Å². The zero-order chi connectivity index (χ0) is 12.8. The summed E-state index contributed by atoms with van der Waals surface area (Å²) in [5.41, 5.74) is 1.11. The van der Waals surface area contributed by atoms with E-state index in [1.807, 2.05) is 24.4 Å². The van der Waals surface area contributed by atoms with Gasteiger partial charge in [0.15, 0.2) is 0 Å². The summed E-state index contributed by atoms with van der Waals surface area (Å²) in [4.78, 5) is 17.4. The highest BCUT2D eigenvalue weighted by atomic mass is 16.4. The third kappa shape index (κ3) is 4.11. The maximum absolute atomic E-state index is 10.7. The van der Waals surface area contributed by atoms with Crippen LogP contribution in [0, 0.1) is 5.92 Å². The molecule has 1 aliphatic heterocycles. The van der Waals surface area contributed by atoms with Gasteiger partial charge in [0.05, 0.1) is 0 Å². The number of likely N-dealkylation sites (tertiary alicyclic amines) is 1. The first-order valence-corrected chi connectivity index (χ1v) is 6.58. The highest BCUT2D eigenvalue weighted by Gasteiger charge is 2.21.